The molecule has 2 heterocycles. The Labute approximate surface area is 125 Å². The Bertz CT molecular complexity index is 902. The third-order valence-corrected chi connectivity index (χ3v) is 3.86. The average molecular weight is 300 g/mol. The number of rotatable bonds is 2. The number of pyridine rings is 2. The predicted octanol–water partition coefficient (Wildman–Crippen LogP) is 1.48. The van der Waals surface area contributed by atoms with Crippen LogP contribution in [0.1, 0.15) is 37.2 Å². The predicted molar refractivity (Wildman–Crippen MR) is 84.0 cm³/mol. The largest absolute Gasteiger partial charge is 0.389 e. The lowest BCUT2D eigenvalue weighted by Gasteiger charge is -2.09. The molecule has 2 atom stereocenters. The van der Waals surface area contributed by atoms with Crippen LogP contribution in [0.4, 0.5) is 0 Å². The fourth-order valence-corrected chi connectivity index (χ4v) is 2.64. The Kier molecular flexibility index (Phi) is 3.35. The van der Waals surface area contributed by atoms with Crippen LogP contribution in [0.3, 0.4) is 0 Å². The van der Waals surface area contributed by atoms with Gasteiger partial charge >= 0.3 is 0 Å². The van der Waals surface area contributed by atoms with E-state index in [2.05, 4.69) is 9.97 Å². The average Bonchev–Trinajstić information content (AvgIpc) is 2.47. The Morgan fingerprint density at radius 2 is 1.18 bits per heavy atom. The van der Waals surface area contributed by atoms with Crippen molar-refractivity contribution in [1.29, 1.82) is 0 Å². The molecule has 0 aliphatic carbocycles. The number of H-pyrrole nitrogens is 2. The van der Waals surface area contributed by atoms with Crippen LogP contribution in [0.15, 0.2) is 34.1 Å². The van der Waals surface area contributed by atoms with Crippen LogP contribution in [-0.4, -0.2) is 20.2 Å². The lowest BCUT2D eigenvalue weighted by molar-refractivity contribution is 0.197. The summed E-state index contributed by atoms with van der Waals surface area (Å²) in [6, 6.07) is 3.12. The summed E-state index contributed by atoms with van der Waals surface area (Å²) in [6.07, 6.45) is 1.16. The van der Waals surface area contributed by atoms with Crippen molar-refractivity contribution in [3.63, 3.8) is 0 Å². The summed E-state index contributed by atoms with van der Waals surface area (Å²) in [7, 11) is 0. The molecule has 0 aliphatic heterocycles. The highest BCUT2D eigenvalue weighted by molar-refractivity contribution is 6.02. The standard InChI is InChI=1S/C16H16N2O4/c1-7(19)11-5-17-13-9(15(11)21)3-4-10-14(13)18-6-12(8(2)20)16(10)22/h3-8,19-20H,1-2H3,(H,17,21)(H,18,22). The maximum Gasteiger partial charge on any atom is 0.195 e. The smallest absolute Gasteiger partial charge is 0.195 e. The van der Waals surface area contributed by atoms with Crippen LogP contribution in [0, 0.1) is 0 Å². The van der Waals surface area contributed by atoms with Crippen molar-refractivity contribution in [1.82, 2.24) is 9.97 Å². The lowest BCUT2D eigenvalue weighted by atomic mass is 10.0. The van der Waals surface area contributed by atoms with E-state index in [0.717, 1.165) is 0 Å². The zero-order chi connectivity index (χ0) is 16.0. The number of nitrogens with one attached hydrogen (secondary N) is 2. The summed E-state index contributed by atoms with van der Waals surface area (Å²) >= 11 is 0. The van der Waals surface area contributed by atoms with E-state index in [4.69, 9.17) is 0 Å². The fourth-order valence-electron chi connectivity index (χ4n) is 2.64. The van der Waals surface area contributed by atoms with Gasteiger partial charge in [-0.05, 0) is 26.0 Å². The van der Waals surface area contributed by atoms with E-state index in [1.807, 2.05) is 0 Å². The van der Waals surface area contributed by atoms with E-state index in [9.17, 15) is 19.8 Å². The van der Waals surface area contributed by atoms with Crippen molar-refractivity contribution in [3.05, 3.63) is 56.1 Å². The minimum absolute atomic E-state index is 0.272. The number of aliphatic hydroxyl groups excluding tert-OH is 2. The summed E-state index contributed by atoms with van der Waals surface area (Å²) in [5.74, 6) is 0. The molecule has 6 nitrogen and oxygen atoms in total. The number of aliphatic hydroxyl groups is 2. The highest BCUT2D eigenvalue weighted by Crippen LogP contribution is 2.20. The van der Waals surface area contributed by atoms with Crippen molar-refractivity contribution < 1.29 is 10.2 Å². The molecule has 3 rings (SSSR count). The van der Waals surface area contributed by atoms with Gasteiger partial charge in [0.1, 0.15) is 0 Å². The molecule has 0 bridgehead atoms. The van der Waals surface area contributed by atoms with Crippen LogP contribution >= 0.6 is 0 Å². The van der Waals surface area contributed by atoms with Crippen molar-refractivity contribution in [2.24, 2.45) is 0 Å². The third kappa shape index (κ3) is 2.04. The molecule has 2 unspecified atom stereocenters. The first-order chi connectivity index (χ1) is 10.4. The second-order valence-electron chi connectivity index (χ2n) is 5.41. The molecular weight excluding hydrogens is 284 g/mol. The van der Waals surface area contributed by atoms with Crippen LogP contribution in [0.25, 0.3) is 21.8 Å². The van der Waals surface area contributed by atoms with Crippen molar-refractivity contribution in [3.8, 4) is 0 Å². The fraction of sp³-hybridized carbons (Fsp3) is 0.250. The lowest BCUT2D eigenvalue weighted by Crippen LogP contribution is -2.15. The number of hydrogen-bond donors (Lipinski definition) is 4. The molecule has 0 saturated carbocycles. The number of benzene rings is 1. The first kappa shape index (κ1) is 14.5. The molecule has 6 heteroatoms. The molecule has 0 aliphatic rings. The van der Waals surface area contributed by atoms with Gasteiger partial charge < -0.3 is 20.2 Å². The molecule has 0 saturated heterocycles. The van der Waals surface area contributed by atoms with E-state index in [1.165, 1.54) is 26.2 Å². The Morgan fingerprint density at radius 1 is 0.818 bits per heavy atom. The van der Waals surface area contributed by atoms with E-state index in [1.54, 1.807) is 12.1 Å². The topological polar surface area (TPSA) is 106 Å². The zero-order valence-corrected chi connectivity index (χ0v) is 12.2. The normalized spacial score (nSPS) is 14.4. The molecule has 1 aromatic carbocycles. The Morgan fingerprint density at radius 3 is 1.50 bits per heavy atom. The van der Waals surface area contributed by atoms with Gasteiger partial charge in [-0.2, -0.15) is 0 Å². The Balaban J connectivity index is 2.43. The van der Waals surface area contributed by atoms with Crippen LogP contribution in [0.2, 0.25) is 0 Å². The first-order valence-electron chi connectivity index (χ1n) is 6.97. The number of aromatic nitrogens is 2. The number of fused-ring (bicyclic) bond motifs is 3. The maximum absolute atomic E-state index is 12.4. The minimum atomic E-state index is -0.875. The number of aromatic amines is 2. The third-order valence-electron chi connectivity index (χ3n) is 3.86. The van der Waals surface area contributed by atoms with Gasteiger partial charge in [-0.1, -0.05) is 0 Å². The van der Waals surface area contributed by atoms with E-state index in [0.29, 0.717) is 21.8 Å². The highest BCUT2D eigenvalue weighted by atomic mass is 16.3. The van der Waals surface area contributed by atoms with Gasteiger partial charge in [-0.3, -0.25) is 9.59 Å². The molecule has 22 heavy (non-hydrogen) atoms. The van der Waals surface area contributed by atoms with Crippen molar-refractivity contribution >= 4 is 21.8 Å². The van der Waals surface area contributed by atoms with Crippen LogP contribution in [0.5, 0.6) is 0 Å². The molecule has 0 amide bonds. The van der Waals surface area contributed by atoms with Gasteiger partial charge in [0.15, 0.2) is 10.9 Å². The summed E-state index contributed by atoms with van der Waals surface area (Å²) in [5.41, 5.74) is 1.00. The molecule has 2 aromatic heterocycles. The van der Waals surface area contributed by atoms with Crippen molar-refractivity contribution in [2.75, 3.05) is 0 Å². The van der Waals surface area contributed by atoms with E-state index >= 15 is 0 Å². The van der Waals surface area contributed by atoms with Gasteiger partial charge in [-0.15, -0.1) is 0 Å². The molecule has 0 radical (unpaired) electrons. The maximum atomic E-state index is 12.4. The first-order valence-corrected chi connectivity index (χ1v) is 6.97. The summed E-state index contributed by atoms with van der Waals surface area (Å²) < 4.78 is 0. The van der Waals surface area contributed by atoms with Gasteiger partial charge in [-0.25, -0.2) is 0 Å². The monoisotopic (exact) mass is 300 g/mol. The molecule has 114 valence electrons. The molecular formula is C16H16N2O4. The summed E-state index contributed by atoms with van der Waals surface area (Å²) in [5, 5.41) is 20.0. The summed E-state index contributed by atoms with van der Waals surface area (Å²) in [4.78, 5) is 30.7. The molecule has 3 aromatic rings. The van der Waals surface area contributed by atoms with Gasteiger partial charge in [0.2, 0.25) is 0 Å². The minimum Gasteiger partial charge on any atom is -0.389 e. The van der Waals surface area contributed by atoms with Crippen LogP contribution < -0.4 is 10.9 Å². The SMILES string of the molecule is CC(O)c1c[nH]c2c(ccc3c(=O)c(C(C)O)c[nH]c32)c1=O. The van der Waals surface area contributed by atoms with Gasteiger partial charge in [0.05, 0.1) is 23.2 Å². The van der Waals surface area contributed by atoms with Gasteiger partial charge in [0.25, 0.3) is 0 Å². The van der Waals surface area contributed by atoms with Crippen LogP contribution in [-0.2, 0) is 0 Å². The zero-order valence-electron chi connectivity index (χ0n) is 12.2. The van der Waals surface area contributed by atoms with E-state index in [-0.39, 0.29) is 22.0 Å². The highest BCUT2D eigenvalue weighted by Gasteiger charge is 2.15. The molecule has 0 fully saturated rings. The quantitative estimate of drug-likeness (QED) is 0.538. The second kappa shape index (κ2) is 5.08. The molecule has 4 N–H and O–H groups in total. The Hall–Kier alpha value is -2.44. The molecule has 0 spiro atoms. The number of hydrogen-bond acceptors (Lipinski definition) is 4. The van der Waals surface area contributed by atoms with Gasteiger partial charge in [0, 0.05) is 34.3 Å². The van der Waals surface area contributed by atoms with Crippen molar-refractivity contribution in [2.45, 2.75) is 26.1 Å². The summed E-state index contributed by atoms with van der Waals surface area (Å²) in [6.45, 7) is 3.04. The second-order valence-corrected chi connectivity index (χ2v) is 5.41. The van der Waals surface area contributed by atoms with E-state index < -0.39 is 12.2 Å².